The monoisotopic (exact) mass is 299 g/mol. The van der Waals surface area contributed by atoms with Crippen LogP contribution in [0.4, 0.5) is 8.78 Å². The van der Waals surface area contributed by atoms with Gasteiger partial charge in [0.1, 0.15) is 11.6 Å². The van der Waals surface area contributed by atoms with Crippen LogP contribution in [0.2, 0.25) is 0 Å². The van der Waals surface area contributed by atoms with Gasteiger partial charge in [-0.1, -0.05) is 25.3 Å². The van der Waals surface area contributed by atoms with Gasteiger partial charge in [0, 0.05) is 22.6 Å². The Labute approximate surface area is 124 Å². The summed E-state index contributed by atoms with van der Waals surface area (Å²) in [6, 6.07) is 4.20. The molecule has 0 amide bonds. The van der Waals surface area contributed by atoms with E-state index >= 15 is 0 Å². The van der Waals surface area contributed by atoms with Gasteiger partial charge >= 0.3 is 0 Å². The van der Waals surface area contributed by atoms with Crippen molar-refractivity contribution < 1.29 is 8.78 Å². The first kappa shape index (κ1) is 15.8. The van der Waals surface area contributed by atoms with Crippen molar-refractivity contribution in [3.8, 4) is 0 Å². The fraction of sp³-hybridized carbons (Fsp3) is 0.625. The van der Waals surface area contributed by atoms with E-state index in [0.29, 0.717) is 6.42 Å². The van der Waals surface area contributed by atoms with E-state index < -0.39 is 11.6 Å². The molecule has 1 aliphatic rings. The lowest BCUT2D eigenvalue weighted by Crippen LogP contribution is -2.31. The average molecular weight is 299 g/mol. The summed E-state index contributed by atoms with van der Waals surface area (Å²) in [5.41, 5.74) is 0.205. The molecule has 0 radical (unpaired) electrons. The molecule has 1 aromatic rings. The quantitative estimate of drug-likeness (QED) is 0.846. The molecule has 0 bridgehead atoms. The van der Waals surface area contributed by atoms with Crippen molar-refractivity contribution >= 4 is 11.8 Å². The van der Waals surface area contributed by atoms with E-state index in [9.17, 15) is 8.78 Å². The van der Waals surface area contributed by atoms with Crippen LogP contribution in [0, 0.1) is 11.6 Å². The van der Waals surface area contributed by atoms with Gasteiger partial charge < -0.3 is 5.32 Å². The molecule has 0 aromatic heterocycles. The first-order valence-electron chi connectivity index (χ1n) is 7.42. The molecule has 1 N–H and O–H groups in total. The summed E-state index contributed by atoms with van der Waals surface area (Å²) in [4.78, 5) is 0. The topological polar surface area (TPSA) is 12.0 Å². The van der Waals surface area contributed by atoms with E-state index in [1.165, 1.54) is 50.3 Å². The van der Waals surface area contributed by atoms with Gasteiger partial charge in [-0.05, 0) is 38.4 Å². The maximum atomic E-state index is 13.7. The minimum Gasteiger partial charge on any atom is -0.316 e. The van der Waals surface area contributed by atoms with Crippen molar-refractivity contribution in [1.82, 2.24) is 5.32 Å². The summed E-state index contributed by atoms with van der Waals surface area (Å²) in [7, 11) is 1.87. The highest BCUT2D eigenvalue weighted by molar-refractivity contribution is 7.99. The molecule has 2 rings (SSSR count). The molecule has 112 valence electrons. The van der Waals surface area contributed by atoms with Crippen LogP contribution in [0.15, 0.2) is 18.2 Å². The van der Waals surface area contributed by atoms with Crippen LogP contribution in [0.1, 0.15) is 37.7 Å². The van der Waals surface area contributed by atoms with Crippen LogP contribution in [-0.4, -0.2) is 24.1 Å². The second kappa shape index (κ2) is 7.99. The van der Waals surface area contributed by atoms with Gasteiger partial charge in [0.2, 0.25) is 0 Å². The minimum absolute atomic E-state index is 0.119. The Morgan fingerprint density at radius 3 is 2.45 bits per heavy atom. The summed E-state index contributed by atoms with van der Waals surface area (Å²) in [6.45, 7) is 0. The lowest BCUT2D eigenvalue weighted by molar-refractivity contribution is 0.510. The van der Waals surface area contributed by atoms with Crippen LogP contribution < -0.4 is 5.32 Å². The summed E-state index contributed by atoms with van der Waals surface area (Å²) >= 11 is 1.95. The molecule has 0 saturated heterocycles. The second-order valence-corrected chi connectivity index (χ2v) is 6.82. The van der Waals surface area contributed by atoms with Crippen molar-refractivity contribution in [2.24, 2.45) is 0 Å². The van der Waals surface area contributed by atoms with E-state index in [1.54, 1.807) is 0 Å². The average Bonchev–Trinajstić information content (AvgIpc) is 2.47. The highest BCUT2D eigenvalue weighted by atomic mass is 32.2. The molecule has 1 unspecified atom stereocenters. The summed E-state index contributed by atoms with van der Waals surface area (Å²) in [5, 5.41) is 3.92. The van der Waals surface area contributed by atoms with E-state index in [2.05, 4.69) is 5.32 Å². The molecule has 1 saturated carbocycles. The fourth-order valence-corrected chi connectivity index (χ4v) is 4.16. The lowest BCUT2D eigenvalue weighted by atomic mass is 10.0. The van der Waals surface area contributed by atoms with Crippen molar-refractivity contribution in [1.29, 1.82) is 0 Å². The van der Waals surface area contributed by atoms with Crippen LogP contribution in [0.3, 0.4) is 0 Å². The second-order valence-electron chi connectivity index (χ2n) is 5.48. The maximum absolute atomic E-state index is 13.7. The molecule has 0 aliphatic heterocycles. The Bertz CT molecular complexity index is 399. The molecule has 0 spiro atoms. The molecule has 0 heterocycles. The Morgan fingerprint density at radius 2 is 1.85 bits per heavy atom. The summed E-state index contributed by atoms with van der Waals surface area (Å²) in [5.74, 6) is 0.0374. The number of rotatable bonds is 6. The molecule has 1 nitrogen and oxygen atoms in total. The third-order valence-electron chi connectivity index (χ3n) is 4.01. The third kappa shape index (κ3) is 4.45. The zero-order valence-electron chi connectivity index (χ0n) is 12.0. The maximum Gasteiger partial charge on any atom is 0.129 e. The fourth-order valence-electron chi connectivity index (χ4n) is 2.70. The van der Waals surface area contributed by atoms with Gasteiger partial charge in [0.15, 0.2) is 0 Å². The van der Waals surface area contributed by atoms with Crippen molar-refractivity contribution in [3.05, 3.63) is 35.4 Å². The molecular formula is C16H23F2NS. The number of thioether (sulfide) groups is 1. The Balaban J connectivity index is 1.88. The molecule has 20 heavy (non-hydrogen) atoms. The summed E-state index contributed by atoms with van der Waals surface area (Å²) in [6.07, 6.45) is 6.99. The Morgan fingerprint density at radius 1 is 1.20 bits per heavy atom. The number of likely N-dealkylation sites (N-methyl/N-ethyl adjacent to an activating group) is 1. The van der Waals surface area contributed by atoms with Gasteiger partial charge in [-0.15, -0.1) is 0 Å². The molecule has 1 fully saturated rings. The van der Waals surface area contributed by atoms with Crippen molar-refractivity contribution in [2.75, 3.05) is 12.8 Å². The number of nitrogens with one attached hydrogen (secondary N) is 1. The van der Waals surface area contributed by atoms with Crippen LogP contribution in [-0.2, 0) is 6.42 Å². The Kier molecular flexibility index (Phi) is 6.30. The van der Waals surface area contributed by atoms with E-state index in [1.807, 2.05) is 18.8 Å². The van der Waals surface area contributed by atoms with Crippen molar-refractivity contribution in [2.45, 2.75) is 49.8 Å². The van der Waals surface area contributed by atoms with E-state index in [0.717, 1.165) is 11.0 Å². The number of halogens is 2. The van der Waals surface area contributed by atoms with Gasteiger partial charge in [-0.3, -0.25) is 0 Å². The van der Waals surface area contributed by atoms with Crippen LogP contribution in [0.5, 0.6) is 0 Å². The number of hydrogen-bond acceptors (Lipinski definition) is 2. The zero-order valence-corrected chi connectivity index (χ0v) is 12.8. The van der Waals surface area contributed by atoms with Crippen molar-refractivity contribution in [3.63, 3.8) is 0 Å². The van der Waals surface area contributed by atoms with Gasteiger partial charge in [0.25, 0.3) is 0 Å². The minimum atomic E-state index is -0.437. The van der Waals surface area contributed by atoms with E-state index in [-0.39, 0.29) is 11.6 Å². The number of hydrogen-bond donors (Lipinski definition) is 1. The SMILES string of the molecule is CNC(CSC1CCCCC1)Cc1c(F)cccc1F. The predicted molar refractivity (Wildman–Crippen MR) is 82.2 cm³/mol. The van der Waals surface area contributed by atoms with Gasteiger partial charge in [-0.2, -0.15) is 11.8 Å². The zero-order chi connectivity index (χ0) is 14.4. The standard InChI is InChI=1S/C16H23F2NS/c1-19-12(11-20-13-6-3-2-4-7-13)10-14-15(17)8-5-9-16(14)18/h5,8-9,12-13,19H,2-4,6-7,10-11H2,1H3. The molecule has 1 aliphatic carbocycles. The predicted octanol–water partition coefficient (Wildman–Crippen LogP) is 4.16. The lowest BCUT2D eigenvalue weighted by Gasteiger charge is -2.24. The molecular weight excluding hydrogens is 276 g/mol. The smallest absolute Gasteiger partial charge is 0.129 e. The van der Waals surface area contributed by atoms with Crippen LogP contribution >= 0.6 is 11.8 Å². The van der Waals surface area contributed by atoms with Gasteiger partial charge in [-0.25, -0.2) is 8.78 Å². The first-order valence-corrected chi connectivity index (χ1v) is 8.47. The highest BCUT2D eigenvalue weighted by Gasteiger charge is 2.18. The largest absolute Gasteiger partial charge is 0.316 e. The molecule has 4 heteroatoms. The Hall–Kier alpha value is -0.610. The first-order chi connectivity index (χ1) is 9.70. The molecule has 1 aromatic carbocycles. The van der Waals surface area contributed by atoms with E-state index in [4.69, 9.17) is 0 Å². The third-order valence-corrected chi connectivity index (χ3v) is 5.54. The summed E-state index contributed by atoms with van der Waals surface area (Å²) < 4.78 is 27.3. The number of benzene rings is 1. The molecule has 1 atom stereocenters. The normalized spacial score (nSPS) is 18.1. The van der Waals surface area contributed by atoms with Gasteiger partial charge in [0.05, 0.1) is 0 Å². The van der Waals surface area contributed by atoms with Crippen LogP contribution in [0.25, 0.3) is 0 Å². The highest BCUT2D eigenvalue weighted by Crippen LogP contribution is 2.29.